The fraction of sp³-hybridized carbons (Fsp3) is 0.250. The largest absolute Gasteiger partial charge is 0.497 e. The molecule has 0 aliphatic carbocycles. The minimum absolute atomic E-state index is 0.163. The Labute approximate surface area is 155 Å². The van der Waals surface area contributed by atoms with Gasteiger partial charge in [-0.3, -0.25) is 4.79 Å². The van der Waals surface area contributed by atoms with Crippen molar-refractivity contribution in [3.8, 4) is 17.1 Å². The van der Waals surface area contributed by atoms with Crippen molar-refractivity contribution in [2.45, 2.75) is 19.3 Å². The lowest BCUT2D eigenvalue weighted by molar-refractivity contribution is -0.117. The third-order valence-electron chi connectivity index (χ3n) is 4.64. The predicted octanol–water partition coefficient (Wildman–Crippen LogP) is 3.71. The normalized spacial score (nSPS) is 16.8. The number of methoxy groups -OCH3 is 1. The molecule has 0 radical (unpaired) electrons. The number of ether oxygens (including phenoxy) is 1. The molecule has 1 saturated heterocycles. The maximum atomic E-state index is 14.2. The van der Waals surface area contributed by atoms with E-state index in [2.05, 4.69) is 10.1 Å². The molecule has 1 unspecified atom stereocenters. The molecular formula is C20H18FN3O3. The SMILES string of the molecule is COc1cccc(-c2noc(C3CC(=O)N(c4ccc(C)cc4F)C3)n2)c1. The van der Waals surface area contributed by atoms with Crippen LogP contribution in [0.15, 0.2) is 47.0 Å². The minimum atomic E-state index is -0.411. The summed E-state index contributed by atoms with van der Waals surface area (Å²) in [6.45, 7) is 2.11. The summed E-state index contributed by atoms with van der Waals surface area (Å²) < 4.78 is 24.8. The van der Waals surface area contributed by atoms with Crippen molar-refractivity contribution < 1.29 is 18.4 Å². The Morgan fingerprint density at radius 1 is 1.26 bits per heavy atom. The van der Waals surface area contributed by atoms with Gasteiger partial charge in [0.2, 0.25) is 17.6 Å². The molecule has 0 saturated carbocycles. The second-order valence-electron chi connectivity index (χ2n) is 6.55. The van der Waals surface area contributed by atoms with E-state index >= 15 is 0 Å². The third-order valence-corrected chi connectivity index (χ3v) is 4.64. The highest BCUT2D eigenvalue weighted by atomic mass is 19.1. The van der Waals surface area contributed by atoms with Crippen molar-refractivity contribution >= 4 is 11.6 Å². The van der Waals surface area contributed by atoms with Gasteiger partial charge in [-0.05, 0) is 36.8 Å². The Morgan fingerprint density at radius 3 is 2.89 bits per heavy atom. The molecule has 1 aromatic heterocycles. The number of benzene rings is 2. The first kappa shape index (κ1) is 17.2. The molecule has 0 N–H and O–H groups in total. The molecule has 1 aliphatic rings. The highest BCUT2D eigenvalue weighted by Crippen LogP contribution is 2.33. The highest BCUT2D eigenvalue weighted by Gasteiger charge is 2.36. The number of carbonyl (C=O) groups is 1. The van der Waals surface area contributed by atoms with E-state index in [0.29, 0.717) is 24.0 Å². The second kappa shape index (κ2) is 6.83. The zero-order valence-corrected chi connectivity index (χ0v) is 15.0. The molecule has 6 nitrogen and oxygen atoms in total. The van der Waals surface area contributed by atoms with E-state index in [9.17, 15) is 9.18 Å². The molecule has 7 heteroatoms. The molecule has 138 valence electrons. The molecule has 0 bridgehead atoms. The van der Waals surface area contributed by atoms with Gasteiger partial charge >= 0.3 is 0 Å². The first-order valence-electron chi connectivity index (χ1n) is 8.59. The van der Waals surface area contributed by atoms with Crippen LogP contribution in [0.5, 0.6) is 5.75 Å². The fourth-order valence-electron chi connectivity index (χ4n) is 3.22. The number of nitrogens with zero attached hydrogens (tertiary/aromatic N) is 3. The number of halogens is 1. The number of rotatable bonds is 4. The Balaban J connectivity index is 1.57. The number of aromatic nitrogens is 2. The van der Waals surface area contributed by atoms with Gasteiger partial charge in [0.25, 0.3) is 0 Å². The summed E-state index contributed by atoms with van der Waals surface area (Å²) in [6, 6.07) is 12.2. The molecule has 1 amide bonds. The summed E-state index contributed by atoms with van der Waals surface area (Å²) in [7, 11) is 1.59. The molecule has 2 heterocycles. The summed E-state index contributed by atoms with van der Waals surface area (Å²) in [5.74, 6) is 0.643. The van der Waals surface area contributed by atoms with Crippen LogP contribution in [0.3, 0.4) is 0 Å². The first-order chi connectivity index (χ1) is 13.0. The van der Waals surface area contributed by atoms with Crippen LogP contribution in [0.25, 0.3) is 11.4 Å². The van der Waals surface area contributed by atoms with Crippen LogP contribution in [-0.2, 0) is 4.79 Å². The van der Waals surface area contributed by atoms with Crippen molar-refractivity contribution in [2.24, 2.45) is 0 Å². The van der Waals surface area contributed by atoms with E-state index in [1.807, 2.05) is 24.3 Å². The maximum absolute atomic E-state index is 14.2. The lowest BCUT2D eigenvalue weighted by Gasteiger charge is -2.17. The van der Waals surface area contributed by atoms with Crippen molar-refractivity contribution in [1.82, 2.24) is 10.1 Å². The topological polar surface area (TPSA) is 68.5 Å². The molecule has 1 fully saturated rings. The molecular weight excluding hydrogens is 349 g/mol. The Hall–Kier alpha value is -3.22. The van der Waals surface area contributed by atoms with Gasteiger partial charge in [-0.25, -0.2) is 4.39 Å². The summed E-state index contributed by atoms with van der Waals surface area (Å²) in [5, 5.41) is 4.01. The lowest BCUT2D eigenvalue weighted by atomic mass is 10.1. The Bertz CT molecular complexity index is 1000. The van der Waals surface area contributed by atoms with Crippen molar-refractivity contribution in [3.05, 3.63) is 59.7 Å². The van der Waals surface area contributed by atoms with Crippen LogP contribution in [0.2, 0.25) is 0 Å². The van der Waals surface area contributed by atoms with Gasteiger partial charge in [0.1, 0.15) is 11.6 Å². The predicted molar refractivity (Wildman–Crippen MR) is 97.1 cm³/mol. The Morgan fingerprint density at radius 2 is 2.11 bits per heavy atom. The van der Waals surface area contributed by atoms with E-state index in [0.717, 1.165) is 11.1 Å². The van der Waals surface area contributed by atoms with E-state index in [-0.39, 0.29) is 23.9 Å². The van der Waals surface area contributed by atoms with Gasteiger partial charge in [0, 0.05) is 18.5 Å². The molecule has 27 heavy (non-hydrogen) atoms. The van der Waals surface area contributed by atoms with Gasteiger partial charge in [-0.2, -0.15) is 4.98 Å². The first-order valence-corrected chi connectivity index (χ1v) is 8.59. The third kappa shape index (κ3) is 3.28. The summed E-state index contributed by atoms with van der Waals surface area (Å²) in [4.78, 5) is 18.3. The number of hydrogen-bond acceptors (Lipinski definition) is 5. The molecule has 1 atom stereocenters. The molecule has 3 aromatic rings. The lowest BCUT2D eigenvalue weighted by Crippen LogP contribution is -2.25. The number of carbonyl (C=O) groups excluding carboxylic acids is 1. The standard InChI is InChI=1S/C20H18FN3O3/c1-12-6-7-17(16(21)8-12)24-11-14(10-18(24)25)20-22-19(23-27-20)13-4-3-5-15(9-13)26-2/h3-9,14H,10-11H2,1-2H3. The van der Waals surface area contributed by atoms with Crippen LogP contribution in [0.1, 0.15) is 23.8 Å². The van der Waals surface area contributed by atoms with Gasteiger partial charge in [0.15, 0.2) is 0 Å². The average molecular weight is 367 g/mol. The fourth-order valence-corrected chi connectivity index (χ4v) is 3.22. The number of aryl methyl sites for hydroxylation is 1. The maximum Gasteiger partial charge on any atom is 0.232 e. The molecule has 4 rings (SSSR count). The number of hydrogen-bond donors (Lipinski definition) is 0. The Kier molecular flexibility index (Phi) is 4.35. The number of amides is 1. The number of anilines is 1. The molecule has 0 spiro atoms. The van der Waals surface area contributed by atoms with Gasteiger partial charge in [0.05, 0.1) is 18.7 Å². The molecule has 2 aromatic carbocycles. The highest BCUT2D eigenvalue weighted by molar-refractivity contribution is 5.96. The van der Waals surface area contributed by atoms with Gasteiger partial charge in [-0.1, -0.05) is 23.4 Å². The zero-order chi connectivity index (χ0) is 19.0. The zero-order valence-electron chi connectivity index (χ0n) is 15.0. The second-order valence-corrected chi connectivity index (χ2v) is 6.55. The van der Waals surface area contributed by atoms with Gasteiger partial charge in [-0.15, -0.1) is 0 Å². The van der Waals surface area contributed by atoms with E-state index in [1.165, 1.54) is 11.0 Å². The van der Waals surface area contributed by atoms with Crippen LogP contribution in [0, 0.1) is 12.7 Å². The monoisotopic (exact) mass is 367 g/mol. The van der Waals surface area contributed by atoms with Crippen LogP contribution in [-0.4, -0.2) is 29.7 Å². The van der Waals surface area contributed by atoms with Crippen LogP contribution < -0.4 is 9.64 Å². The minimum Gasteiger partial charge on any atom is -0.497 e. The van der Waals surface area contributed by atoms with Crippen molar-refractivity contribution in [2.75, 3.05) is 18.6 Å². The van der Waals surface area contributed by atoms with Crippen molar-refractivity contribution in [1.29, 1.82) is 0 Å². The van der Waals surface area contributed by atoms with Gasteiger partial charge < -0.3 is 14.2 Å². The average Bonchev–Trinajstić information content (AvgIpc) is 3.29. The summed E-state index contributed by atoms with van der Waals surface area (Å²) >= 11 is 0. The summed E-state index contributed by atoms with van der Waals surface area (Å²) in [6.07, 6.45) is 0.201. The van der Waals surface area contributed by atoms with Crippen molar-refractivity contribution in [3.63, 3.8) is 0 Å². The summed E-state index contributed by atoms with van der Waals surface area (Å²) in [5.41, 5.74) is 1.84. The molecule has 1 aliphatic heterocycles. The van der Waals surface area contributed by atoms with E-state index in [4.69, 9.17) is 9.26 Å². The van der Waals surface area contributed by atoms with Crippen LogP contribution in [0.4, 0.5) is 10.1 Å². The smallest absolute Gasteiger partial charge is 0.232 e. The van der Waals surface area contributed by atoms with Crippen LogP contribution >= 0.6 is 0 Å². The van der Waals surface area contributed by atoms with E-state index < -0.39 is 5.82 Å². The quantitative estimate of drug-likeness (QED) is 0.703. The van der Waals surface area contributed by atoms with E-state index in [1.54, 1.807) is 26.2 Å².